The first-order valence-corrected chi connectivity index (χ1v) is 9.23. The molecule has 152 valence electrons. The molecule has 1 aromatic carbocycles. The fourth-order valence-electron chi connectivity index (χ4n) is 4.19. The van der Waals surface area contributed by atoms with E-state index in [1.54, 1.807) is 19.1 Å². The van der Waals surface area contributed by atoms with E-state index in [9.17, 15) is 29.9 Å². The predicted octanol–water partition coefficient (Wildman–Crippen LogP) is 1.48. The molecule has 2 aromatic heterocycles. The van der Waals surface area contributed by atoms with Crippen molar-refractivity contribution in [1.82, 2.24) is 9.55 Å². The highest BCUT2D eigenvalue weighted by atomic mass is 16.6. The quantitative estimate of drug-likeness (QED) is 0.368. The fourth-order valence-corrected chi connectivity index (χ4v) is 4.19. The van der Waals surface area contributed by atoms with E-state index < -0.39 is 28.3 Å². The Bertz CT molecular complexity index is 1350. The molecule has 2 aliphatic heterocycles. The number of carbonyl (C=O) groups excluding carboxylic acids is 1. The molecule has 10 heteroatoms. The minimum Gasteiger partial charge on any atom is -0.458 e. The Labute approximate surface area is 168 Å². The van der Waals surface area contributed by atoms with Crippen molar-refractivity contribution < 1.29 is 24.7 Å². The smallest absolute Gasteiger partial charge is 0.343 e. The molecule has 3 aromatic rings. The second kappa shape index (κ2) is 5.94. The molecule has 2 aliphatic rings. The summed E-state index contributed by atoms with van der Waals surface area (Å²) in [7, 11) is 0. The average molecular weight is 409 g/mol. The molecule has 2 N–H and O–H groups in total. The summed E-state index contributed by atoms with van der Waals surface area (Å²) in [4.78, 5) is 40.6. The van der Waals surface area contributed by atoms with Crippen LogP contribution in [0.15, 0.2) is 35.1 Å². The van der Waals surface area contributed by atoms with Gasteiger partial charge in [-0.25, -0.2) is 9.78 Å². The third-order valence-corrected chi connectivity index (χ3v) is 5.80. The van der Waals surface area contributed by atoms with Crippen LogP contribution in [0.2, 0.25) is 0 Å². The molecule has 0 saturated heterocycles. The zero-order chi connectivity index (χ0) is 21.4. The van der Waals surface area contributed by atoms with Crippen LogP contribution in [0.3, 0.4) is 0 Å². The van der Waals surface area contributed by atoms with Crippen molar-refractivity contribution in [3.8, 4) is 11.4 Å². The van der Waals surface area contributed by atoms with Crippen LogP contribution < -0.4 is 5.56 Å². The van der Waals surface area contributed by atoms with Gasteiger partial charge in [0.1, 0.15) is 12.1 Å². The Kier molecular flexibility index (Phi) is 3.64. The largest absolute Gasteiger partial charge is 0.458 e. The van der Waals surface area contributed by atoms with Gasteiger partial charge in [0.2, 0.25) is 0 Å². The van der Waals surface area contributed by atoms with Gasteiger partial charge in [-0.05, 0) is 18.6 Å². The van der Waals surface area contributed by atoms with E-state index in [4.69, 9.17) is 4.74 Å². The lowest BCUT2D eigenvalue weighted by molar-refractivity contribution is -0.383. The van der Waals surface area contributed by atoms with Crippen LogP contribution >= 0.6 is 0 Å². The number of aliphatic hydroxyl groups is 2. The number of nitro groups is 1. The lowest BCUT2D eigenvalue weighted by atomic mass is 9.86. The lowest BCUT2D eigenvalue weighted by Crippen LogP contribution is -2.44. The third kappa shape index (κ3) is 2.17. The standard InChI is InChI=1S/C20H15N3O7/c1-2-20(27)12-7-14-16-10(6-9-4-3-5-13(23(28)29)15(9)21-16)17(24)22(14)18(25)11(12)8-30-19(20)26/h3-7,17,24,27H,2,8H2,1H3. The molecular weight excluding hydrogens is 394 g/mol. The first kappa shape index (κ1) is 18.4. The number of non-ortho nitro benzene ring substituents is 1. The number of hydrogen-bond donors (Lipinski definition) is 2. The van der Waals surface area contributed by atoms with Gasteiger partial charge >= 0.3 is 5.97 Å². The monoisotopic (exact) mass is 409 g/mol. The molecule has 0 amide bonds. The zero-order valence-electron chi connectivity index (χ0n) is 15.7. The number of nitro benzene ring substituents is 1. The summed E-state index contributed by atoms with van der Waals surface area (Å²) in [6.45, 7) is 1.26. The summed E-state index contributed by atoms with van der Waals surface area (Å²) in [6.07, 6.45) is -1.38. The topological polar surface area (TPSA) is 145 Å². The van der Waals surface area contributed by atoms with Crippen molar-refractivity contribution in [3.63, 3.8) is 0 Å². The summed E-state index contributed by atoms with van der Waals surface area (Å²) in [5, 5.41) is 33.5. The number of fused-ring (bicyclic) bond motifs is 5. The molecule has 2 atom stereocenters. The van der Waals surface area contributed by atoms with Crippen molar-refractivity contribution in [2.24, 2.45) is 0 Å². The molecule has 0 aliphatic carbocycles. The molecule has 10 nitrogen and oxygen atoms in total. The number of carbonyl (C=O) groups is 1. The average Bonchev–Trinajstić information content (AvgIpc) is 3.00. The van der Waals surface area contributed by atoms with Gasteiger partial charge in [0.05, 0.1) is 21.9 Å². The second-order valence-corrected chi connectivity index (χ2v) is 7.29. The Morgan fingerprint density at radius 3 is 2.83 bits per heavy atom. The highest BCUT2D eigenvalue weighted by Crippen LogP contribution is 2.42. The van der Waals surface area contributed by atoms with Gasteiger partial charge in [0.25, 0.3) is 11.2 Å². The van der Waals surface area contributed by atoms with Crippen LogP contribution in [0, 0.1) is 10.1 Å². The molecular formula is C20H15N3O7. The van der Waals surface area contributed by atoms with E-state index >= 15 is 0 Å². The third-order valence-electron chi connectivity index (χ3n) is 5.80. The Morgan fingerprint density at radius 1 is 1.37 bits per heavy atom. The van der Waals surface area contributed by atoms with Crippen LogP contribution in [-0.4, -0.2) is 30.7 Å². The van der Waals surface area contributed by atoms with E-state index in [-0.39, 0.29) is 46.7 Å². The number of hydrogen-bond acceptors (Lipinski definition) is 8. The van der Waals surface area contributed by atoms with E-state index in [0.717, 1.165) is 4.57 Å². The van der Waals surface area contributed by atoms with Crippen molar-refractivity contribution >= 4 is 22.6 Å². The normalized spacial score (nSPS) is 21.7. The van der Waals surface area contributed by atoms with Crippen LogP contribution in [-0.2, 0) is 21.7 Å². The van der Waals surface area contributed by atoms with Gasteiger partial charge in [-0.2, -0.15) is 0 Å². The van der Waals surface area contributed by atoms with Gasteiger partial charge in [-0.1, -0.05) is 19.1 Å². The summed E-state index contributed by atoms with van der Waals surface area (Å²) in [5.41, 5.74) is -1.90. The maximum absolute atomic E-state index is 13.1. The van der Waals surface area contributed by atoms with Gasteiger partial charge in [0.15, 0.2) is 11.8 Å². The first-order valence-electron chi connectivity index (χ1n) is 9.23. The van der Waals surface area contributed by atoms with Crippen LogP contribution in [0.4, 0.5) is 5.69 Å². The van der Waals surface area contributed by atoms with Gasteiger partial charge in [-0.3, -0.25) is 19.5 Å². The van der Waals surface area contributed by atoms with E-state index in [0.29, 0.717) is 10.9 Å². The SMILES string of the molecule is CCC1(O)C(=O)OCc2c1cc1n(c2=O)C(O)c2cc3cccc([N+](=O)[O-])c3nc2-1. The predicted molar refractivity (Wildman–Crippen MR) is 102 cm³/mol. The number of ether oxygens (including phenoxy) is 1. The summed E-state index contributed by atoms with van der Waals surface area (Å²) >= 11 is 0. The first-order chi connectivity index (χ1) is 14.3. The number of nitrogens with zero attached hydrogens (tertiary/aromatic N) is 3. The van der Waals surface area contributed by atoms with Crippen LogP contribution in [0.1, 0.15) is 36.3 Å². The Hall–Kier alpha value is -3.63. The maximum Gasteiger partial charge on any atom is 0.343 e. The maximum atomic E-state index is 13.1. The summed E-state index contributed by atoms with van der Waals surface area (Å²) in [5.74, 6) is -0.859. The van der Waals surface area contributed by atoms with E-state index in [1.165, 1.54) is 18.2 Å². The fraction of sp³-hybridized carbons (Fsp3) is 0.250. The van der Waals surface area contributed by atoms with Crippen molar-refractivity contribution in [3.05, 3.63) is 67.5 Å². The number of para-hydroxylation sites is 1. The van der Waals surface area contributed by atoms with Gasteiger partial charge < -0.3 is 14.9 Å². The van der Waals surface area contributed by atoms with Crippen molar-refractivity contribution in [2.45, 2.75) is 31.8 Å². The van der Waals surface area contributed by atoms with Crippen LogP contribution in [0.5, 0.6) is 0 Å². The number of esters is 1. The number of benzene rings is 1. The molecule has 4 heterocycles. The number of aromatic nitrogens is 2. The van der Waals surface area contributed by atoms with E-state index in [2.05, 4.69) is 4.98 Å². The number of cyclic esters (lactones) is 1. The Morgan fingerprint density at radius 2 is 2.13 bits per heavy atom. The minimum atomic E-state index is -2.00. The second-order valence-electron chi connectivity index (χ2n) is 7.29. The lowest BCUT2D eigenvalue weighted by Gasteiger charge is -2.31. The summed E-state index contributed by atoms with van der Waals surface area (Å²) in [6, 6.07) is 7.44. The highest BCUT2D eigenvalue weighted by molar-refractivity contribution is 5.91. The molecule has 0 bridgehead atoms. The minimum absolute atomic E-state index is 0.0201. The molecule has 2 unspecified atom stereocenters. The molecule has 0 radical (unpaired) electrons. The van der Waals surface area contributed by atoms with Crippen molar-refractivity contribution in [1.29, 1.82) is 0 Å². The number of rotatable bonds is 2. The molecule has 0 fully saturated rings. The van der Waals surface area contributed by atoms with Gasteiger partial charge in [-0.15, -0.1) is 0 Å². The van der Waals surface area contributed by atoms with Crippen molar-refractivity contribution in [2.75, 3.05) is 0 Å². The molecule has 30 heavy (non-hydrogen) atoms. The van der Waals surface area contributed by atoms with Gasteiger partial charge in [0, 0.05) is 22.6 Å². The number of aliphatic hydroxyl groups excluding tert-OH is 1. The molecule has 5 rings (SSSR count). The zero-order valence-corrected chi connectivity index (χ0v) is 15.7. The van der Waals surface area contributed by atoms with E-state index in [1.807, 2.05) is 0 Å². The molecule has 0 saturated carbocycles. The Balaban J connectivity index is 1.86. The highest BCUT2D eigenvalue weighted by Gasteiger charge is 2.46. The molecule has 0 spiro atoms. The number of pyridine rings is 2. The summed E-state index contributed by atoms with van der Waals surface area (Å²) < 4.78 is 6.09. The van der Waals surface area contributed by atoms with Crippen LogP contribution in [0.25, 0.3) is 22.3 Å².